The van der Waals surface area contributed by atoms with Crippen LogP contribution in [0.4, 0.5) is 0 Å². The van der Waals surface area contributed by atoms with Gasteiger partial charge in [0, 0.05) is 19.3 Å². The van der Waals surface area contributed by atoms with Crippen LogP contribution >= 0.6 is 0 Å². The predicted octanol–water partition coefficient (Wildman–Crippen LogP) is 18.7. The van der Waals surface area contributed by atoms with Gasteiger partial charge in [0.25, 0.3) is 0 Å². The Morgan fingerprint density at radius 2 is 0.600 bits per heavy atom. The molecule has 0 spiro atoms. The van der Waals surface area contributed by atoms with Gasteiger partial charge < -0.3 is 14.2 Å². The molecule has 0 aromatic heterocycles. The Morgan fingerprint density at radius 3 is 0.954 bits per heavy atom. The molecule has 0 fully saturated rings. The molecule has 0 saturated carbocycles. The van der Waals surface area contributed by atoms with E-state index in [1.54, 1.807) is 0 Å². The summed E-state index contributed by atoms with van der Waals surface area (Å²) in [6, 6.07) is 0. The Hall–Kier alpha value is -2.63. The summed E-state index contributed by atoms with van der Waals surface area (Å²) in [7, 11) is 0. The lowest BCUT2D eigenvalue weighted by molar-refractivity contribution is -0.167. The molecule has 378 valence electrons. The Bertz CT molecular complexity index is 1140. The molecule has 65 heavy (non-hydrogen) atoms. The number of ether oxygens (including phenoxy) is 3. The minimum atomic E-state index is -0.781. The van der Waals surface area contributed by atoms with Gasteiger partial charge in [-0.2, -0.15) is 0 Å². The van der Waals surface area contributed by atoms with Crippen molar-refractivity contribution in [3.63, 3.8) is 0 Å². The molecule has 0 aliphatic carbocycles. The minimum absolute atomic E-state index is 0.0784. The van der Waals surface area contributed by atoms with Crippen LogP contribution in [0.2, 0.25) is 0 Å². The second-order valence-electron chi connectivity index (χ2n) is 18.8. The molecule has 0 aromatic rings. The molecule has 0 bridgehead atoms. The van der Waals surface area contributed by atoms with Crippen molar-refractivity contribution in [3.8, 4) is 0 Å². The maximum atomic E-state index is 12.8. The monoisotopic (exact) mass is 911 g/mol. The maximum absolute atomic E-state index is 12.8. The first-order valence-corrected chi connectivity index (χ1v) is 28.1. The zero-order valence-corrected chi connectivity index (χ0v) is 43.3. The number of hydrogen-bond acceptors (Lipinski definition) is 6. The highest BCUT2D eigenvalue weighted by molar-refractivity contribution is 5.71. The van der Waals surface area contributed by atoms with Gasteiger partial charge in [-0.3, -0.25) is 14.4 Å². The normalized spacial score (nSPS) is 12.4. The van der Waals surface area contributed by atoms with Crippen LogP contribution in [0.1, 0.15) is 290 Å². The smallest absolute Gasteiger partial charge is 0.306 e. The van der Waals surface area contributed by atoms with Crippen LogP contribution in [0.3, 0.4) is 0 Å². The Kier molecular flexibility index (Phi) is 51.8. The van der Waals surface area contributed by atoms with E-state index in [1.807, 2.05) is 0 Å². The van der Waals surface area contributed by atoms with Gasteiger partial charge in [0.2, 0.25) is 0 Å². The summed E-state index contributed by atoms with van der Waals surface area (Å²) in [5, 5.41) is 0. The maximum Gasteiger partial charge on any atom is 0.306 e. The highest BCUT2D eigenvalue weighted by Crippen LogP contribution is 2.16. The first-order valence-electron chi connectivity index (χ1n) is 28.1. The quantitative estimate of drug-likeness (QED) is 0.0262. The summed E-state index contributed by atoms with van der Waals surface area (Å²) >= 11 is 0. The molecule has 1 unspecified atom stereocenters. The van der Waals surface area contributed by atoms with E-state index in [2.05, 4.69) is 69.4 Å². The molecule has 0 saturated heterocycles. The van der Waals surface area contributed by atoms with Crippen molar-refractivity contribution in [3.05, 3.63) is 48.6 Å². The van der Waals surface area contributed by atoms with Gasteiger partial charge in [-0.25, -0.2) is 0 Å². The Balaban J connectivity index is 4.37. The van der Waals surface area contributed by atoms with E-state index in [1.165, 1.54) is 154 Å². The van der Waals surface area contributed by atoms with Crippen molar-refractivity contribution in [2.75, 3.05) is 13.2 Å². The molecular formula is C59H106O6. The van der Waals surface area contributed by atoms with Crippen LogP contribution < -0.4 is 0 Å². The average Bonchev–Trinajstić information content (AvgIpc) is 3.30. The zero-order chi connectivity index (χ0) is 47.2. The largest absolute Gasteiger partial charge is 0.462 e. The third-order valence-corrected chi connectivity index (χ3v) is 12.3. The molecule has 0 amide bonds. The molecule has 6 nitrogen and oxygen atoms in total. The van der Waals surface area contributed by atoms with Crippen LogP contribution in [0, 0.1) is 0 Å². The first kappa shape index (κ1) is 62.4. The Morgan fingerprint density at radius 1 is 0.323 bits per heavy atom. The van der Waals surface area contributed by atoms with E-state index in [0.29, 0.717) is 19.3 Å². The number of allylic oxidation sites excluding steroid dienone is 8. The lowest BCUT2D eigenvalue weighted by Crippen LogP contribution is -2.30. The number of hydrogen-bond donors (Lipinski definition) is 0. The van der Waals surface area contributed by atoms with Crippen LogP contribution in [-0.2, 0) is 28.6 Å². The van der Waals surface area contributed by atoms with Crippen LogP contribution in [0.25, 0.3) is 0 Å². The number of esters is 3. The molecule has 1 atom stereocenters. The number of carbonyl (C=O) groups excluding carboxylic acids is 3. The van der Waals surface area contributed by atoms with Gasteiger partial charge in [0.05, 0.1) is 0 Å². The molecule has 0 radical (unpaired) electrons. The number of rotatable bonds is 51. The average molecular weight is 911 g/mol. The topological polar surface area (TPSA) is 78.9 Å². The summed E-state index contributed by atoms with van der Waals surface area (Å²) in [4.78, 5) is 38.1. The molecule has 0 N–H and O–H groups in total. The highest BCUT2D eigenvalue weighted by Gasteiger charge is 2.19. The lowest BCUT2D eigenvalue weighted by atomic mass is 10.0. The van der Waals surface area contributed by atoms with E-state index >= 15 is 0 Å². The van der Waals surface area contributed by atoms with Gasteiger partial charge in [-0.05, 0) is 77.0 Å². The molecule has 0 aliphatic rings. The van der Waals surface area contributed by atoms with Crippen molar-refractivity contribution in [2.24, 2.45) is 0 Å². The lowest BCUT2D eigenvalue weighted by Gasteiger charge is -2.18. The summed E-state index contributed by atoms with van der Waals surface area (Å²) in [6.45, 7) is 6.54. The molecule has 0 aromatic carbocycles. The third kappa shape index (κ3) is 52.2. The predicted molar refractivity (Wildman–Crippen MR) is 279 cm³/mol. The third-order valence-electron chi connectivity index (χ3n) is 12.3. The summed E-state index contributed by atoms with van der Waals surface area (Å²) in [5.74, 6) is -0.887. The number of carbonyl (C=O) groups is 3. The summed E-state index contributed by atoms with van der Waals surface area (Å²) < 4.78 is 16.8. The standard InChI is InChI=1S/C59H106O6/c1-4-7-10-13-16-19-22-25-27-29-30-32-34-37-40-43-46-49-52-58(61)64-55-56(54-63-57(60)51-48-45-42-39-36-33-24-21-18-15-12-9-6-3)65-59(62)53-50-47-44-41-38-35-31-28-26-23-20-17-14-11-8-5-2/h8,11,17,20,26,28,30,32,56H,4-7,9-10,12-16,18-19,21-25,27,29,31,33-55H2,1-3H3/b11-8-,20-17-,28-26-,32-30-. The van der Waals surface area contributed by atoms with E-state index < -0.39 is 6.10 Å². The molecule has 0 aliphatic heterocycles. The second kappa shape index (κ2) is 54.0. The SMILES string of the molecule is CC/C=C\C/C=C\C/C=C\CCCCCCCCC(=O)OC(COC(=O)CCCCCCC/C=C\CCCCCCCCCCC)COC(=O)CCCCCCCCCCCCCCC. The number of unbranched alkanes of at least 4 members (excludes halogenated alkanes) is 32. The van der Waals surface area contributed by atoms with Crippen molar-refractivity contribution in [2.45, 2.75) is 297 Å². The van der Waals surface area contributed by atoms with E-state index in [0.717, 1.165) is 96.3 Å². The van der Waals surface area contributed by atoms with Gasteiger partial charge in [0.15, 0.2) is 6.10 Å². The van der Waals surface area contributed by atoms with Gasteiger partial charge >= 0.3 is 17.9 Å². The Labute approximate surface area is 403 Å². The molecule has 0 heterocycles. The van der Waals surface area contributed by atoms with Crippen molar-refractivity contribution >= 4 is 17.9 Å². The van der Waals surface area contributed by atoms with Gasteiger partial charge in [-0.15, -0.1) is 0 Å². The molecule has 0 rings (SSSR count). The van der Waals surface area contributed by atoms with Crippen LogP contribution in [-0.4, -0.2) is 37.2 Å². The fourth-order valence-corrected chi connectivity index (χ4v) is 8.10. The minimum Gasteiger partial charge on any atom is -0.462 e. The van der Waals surface area contributed by atoms with Crippen molar-refractivity contribution < 1.29 is 28.6 Å². The van der Waals surface area contributed by atoms with Gasteiger partial charge in [-0.1, -0.05) is 243 Å². The zero-order valence-electron chi connectivity index (χ0n) is 43.3. The first-order chi connectivity index (χ1) is 32.0. The van der Waals surface area contributed by atoms with Crippen molar-refractivity contribution in [1.82, 2.24) is 0 Å². The van der Waals surface area contributed by atoms with Crippen LogP contribution in [0.5, 0.6) is 0 Å². The van der Waals surface area contributed by atoms with E-state index in [-0.39, 0.29) is 31.1 Å². The summed E-state index contributed by atoms with van der Waals surface area (Å²) in [5.41, 5.74) is 0. The second-order valence-corrected chi connectivity index (χ2v) is 18.8. The fourth-order valence-electron chi connectivity index (χ4n) is 8.10. The molecule has 6 heteroatoms. The van der Waals surface area contributed by atoms with Crippen LogP contribution in [0.15, 0.2) is 48.6 Å². The highest BCUT2D eigenvalue weighted by atomic mass is 16.6. The van der Waals surface area contributed by atoms with Gasteiger partial charge in [0.1, 0.15) is 13.2 Å². The fraction of sp³-hybridized carbons (Fsp3) is 0.814. The summed E-state index contributed by atoms with van der Waals surface area (Å²) in [6.07, 6.45) is 65.2. The molecular weight excluding hydrogens is 805 g/mol. The van der Waals surface area contributed by atoms with E-state index in [9.17, 15) is 14.4 Å². The van der Waals surface area contributed by atoms with Crippen molar-refractivity contribution in [1.29, 1.82) is 0 Å². The van der Waals surface area contributed by atoms with E-state index in [4.69, 9.17) is 14.2 Å².